The third-order valence-electron chi connectivity index (χ3n) is 6.07. The van der Waals surface area contributed by atoms with Gasteiger partial charge in [0.25, 0.3) is 5.91 Å². The summed E-state index contributed by atoms with van der Waals surface area (Å²) in [4.78, 5) is 33.7. The summed E-state index contributed by atoms with van der Waals surface area (Å²) in [6.45, 7) is 0.445. The molecule has 1 unspecified atom stereocenters. The number of nitrogens with zero attached hydrogens (tertiary/aromatic N) is 3. The van der Waals surface area contributed by atoms with Gasteiger partial charge in [0.05, 0.1) is 5.56 Å². The average Bonchev–Trinajstić information content (AvgIpc) is 2.92. The summed E-state index contributed by atoms with van der Waals surface area (Å²) in [5.41, 5.74) is 1.98. The second-order valence-electron chi connectivity index (χ2n) is 8.76. The lowest BCUT2D eigenvalue weighted by Crippen LogP contribution is -2.52. The summed E-state index contributed by atoms with van der Waals surface area (Å²) in [6, 6.07) is 19.8. The summed E-state index contributed by atoms with van der Waals surface area (Å²) in [7, 11) is 0. The highest BCUT2D eigenvalue weighted by molar-refractivity contribution is 6.32. The lowest BCUT2D eigenvalue weighted by atomic mass is 10.0. The van der Waals surface area contributed by atoms with Crippen molar-refractivity contribution in [2.24, 2.45) is 0 Å². The Balaban J connectivity index is 1.40. The summed E-state index contributed by atoms with van der Waals surface area (Å²) in [6.07, 6.45) is -3.38. The Morgan fingerprint density at radius 2 is 1.63 bits per heavy atom. The molecule has 200 valence electrons. The number of amides is 2. The zero-order chi connectivity index (χ0) is 27.1. The fourth-order valence-electron chi connectivity index (χ4n) is 4.21. The van der Waals surface area contributed by atoms with E-state index in [1.165, 1.54) is 6.07 Å². The van der Waals surface area contributed by atoms with Crippen LogP contribution in [0.2, 0.25) is 5.02 Å². The van der Waals surface area contributed by atoms with E-state index in [2.05, 4.69) is 15.0 Å². The maximum Gasteiger partial charge on any atom is 0.422 e. The van der Waals surface area contributed by atoms with Crippen molar-refractivity contribution < 1.29 is 27.5 Å². The minimum atomic E-state index is -4.53. The Kier molecular flexibility index (Phi) is 8.85. The van der Waals surface area contributed by atoms with E-state index in [1.807, 2.05) is 65.6 Å². The van der Waals surface area contributed by atoms with Gasteiger partial charge in [0.1, 0.15) is 11.1 Å². The maximum absolute atomic E-state index is 13.3. The Labute approximate surface area is 223 Å². The molecule has 2 heterocycles. The summed E-state index contributed by atoms with van der Waals surface area (Å²) in [5.74, 6) is -0.881. The molecule has 0 radical (unpaired) electrons. The SMILES string of the molecule is O=C(NCc1ccccc1)C(c1ccccc1)N1CCN(C(=O)c2cnc(OCC(F)(F)F)c(Cl)c2)CC1. The molecule has 3 aromatic rings. The van der Waals surface area contributed by atoms with Crippen molar-refractivity contribution in [3.8, 4) is 5.88 Å². The Morgan fingerprint density at radius 1 is 1.00 bits per heavy atom. The fourth-order valence-corrected chi connectivity index (χ4v) is 4.43. The number of rotatable bonds is 8. The first kappa shape index (κ1) is 27.4. The molecule has 0 spiro atoms. The monoisotopic (exact) mass is 546 g/mol. The Hall–Kier alpha value is -3.63. The lowest BCUT2D eigenvalue weighted by Gasteiger charge is -2.38. The van der Waals surface area contributed by atoms with Crippen LogP contribution in [0.3, 0.4) is 0 Å². The smallest absolute Gasteiger partial charge is 0.422 e. The second kappa shape index (κ2) is 12.3. The molecular weight excluding hydrogens is 521 g/mol. The maximum atomic E-state index is 13.3. The molecule has 1 N–H and O–H groups in total. The zero-order valence-corrected chi connectivity index (χ0v) is 21.1. The fraction of sp³-hybridized carbons (Fsp3) is 0.296. The summed E-state index contributed by atoms with van der Waals surface area (Å²) >= 11 is 6.00. The van der Waals surface area contributed by atoms with Crippen LogP contribution in [0.4, 0.5) is 13.2 Å². The number of alkyl halides is 3. The molecule has 1 aromatic heterocycles. The van der Waals surface area contributed by atoms with Gasteiger partial charge in [-0.15, -0.1) is 0 Å². The van der Waals surface area contributed by atoms with Gasteiger partial charge in [-0.05, 0) is 17.2 Å². The van der Waals surface area contributed by atoms with Crippen LogP contribution in [0.25, 0.3) is 0 Å². The van der Waals surface area contributed by atoms with Gasteiger partial charge in [0.2, 0.25) is 11.8 Å². The van der Waals surface area contributed by atoms with Gasteiger partial charge >= 0.3 is 6.18 Å². The van der Waals surface area contributed by atoms with Gasteiger partial charge < -0.3 is 15.0 Å². The predicted molar refractivity (Wildman–Crippen MR) is 136 cm³/mol. The molecule has 1 fully saturated rings. The van der Waals surface area contributed by atoms with Gasteiger partial charge in [-0.1, -0.05) is 72.3 Å². The molecular formula is C27H26ClF3N4O3. The molecule has 1 saturated heterocycles. The van der Waals surface area contributed by atoms with Gasteiger partial charge in [0, 0.05) is 38.9 Å². The van der Waals surface area contributed by atoms with E-state index in [0.717, 1.165) is 17.3 Å². The van der Waals surface area contributed by atoms with Crippen molar-refractivity contribution >= 4 is 23.4 Å². The lowest BCUT2D eigenvalue weighted by molar-refractivity contribution is -0.154. The number of carbonyl (C=O) groups is 2. The molecule has 1 aliphatic rings. The third-order valence-corrected chi connectivity index (χ3v) is 6.34. The average molecular weight is 547 g/mol. The highest BCUT2D eigenvalue weighted by Crippen LogP contribution is 2.27. The first-order valence-corrected chi connectivity index (χ1v) is 12.3. The number of aromatic nitrogens is 1. The molecule has 0 saturated carbocycles. The van der Waals surface area contributed by atoms with Crippen LogP contribution < -0.4 is 10.1 Å². The summed E-state index contributed by atoms with van der Waals surface area (Å²) in [5, 5.41) is 2.84. The van der Waals surface area contributed by atoms with Crippen molar-refractivity contribution in [3.05, 3.63) is 94.6 Å². The Bertz CT molecular complexity index is 1240. The first-order valence-electron chi connectivity index (χ1n) is 12.0. The number of hydrogen-bond donors (Lipinski definition) is 1. The normalized spacial score (nSPS) is 15.1. The quantitative estimate of drug-likeness (QED) is 0.451. The standard InChI is InChI=1S/C27H26ClF3N4O3/c28-22-15-21(17-33-25(22)38-18-27(29,30)31)26(37)35-13-11-34(12-14-35)23(20-9-5-2-6-10-20)24(36)32-16-19-7-3-1-4-8-19/h1-10,15,17,23H,11-14,16,18H2,(H,32,36). The van der Waals surface area contributed by atoms with E-state index in [4.69, 9.17) is 11.6 Å². The van der Waals surface area contributed by atoms with Crippen molar-refractivity contribution in [2.75, 3.05) is 32.8 Å². The number of nitrogens with one attached hydrogen (secondary N) is 1. The molecule has 11 heteroatoms. The van der Waals surface area contributed by atoms with E-state index >= 15 is 0 Å². The van der Waals surface area contributed by atoms with Crippen molar-refractivity contribution in [1.82, 2.24) is 20.1 Å². The largest absolute Gasteiger partial charge is 0.467 e. The number of halogens is 4. The molecule has 7 nitrogen and oxygen atoms in total. The molecule has 4 rings (SSSR count). The predicted octanol–water partition coefficient (Wildman–Crippen LogP) is 4.49. The number of piperazine rings is 1. The zero-order valence-electron chi connectivity index (χ0n) is 20.3. The van der Waals surface area contributed by atoms with Crippen LogP contribution in [0, 0.1) is 0 Å². The Morgan fingerprint density at radius 3 is 2.24 bits per heavy atom. The van der Waals surface area contributed by atoms with Gasteiger partial charge in [-0.25, -0.2) is 4.98 Å². The minimum Gasteiger partial charge on any atom is -0.467 e. The molecule has 0 bridgehead atoms. The van der Waals surface area contributed by atoms with Crippen LogP contribution in [0.5, 0.6) is 5.88 Å². The number of carbonyl (C=O) groups excluding carboxylic acids is 2. The van der Waals surface area contributed by atoms with Crippen LogP contribution in [0.15, 0.2) is 72.9 Å². The van der Waals surface area contributed by atoms with E-state index in [9.17, 15) is 22.8 Å². The molecule has 1 atom stereocenters. The number of benzene rings is 2. The van der Waals surface area contributed by atoms with E-state index in [0.29, 0.717) is 32.7 Å². The number of ether oxygens (including phenoxy) is 1. The van der Waals surface area contributed by atoms with Gasteiger partial charge in [-0.2, -0.15) is 13.2 Å². The molecule has 1 aliphatic heterocycles. The van der Waals surface area contributed by atoms with Crippen LogP contribution in [0.1, 0.15) is 27.5 Å². The van der Waals surface area contributed by atoms with Crippen molar-refractivity contribution in [1.29, 1.82) is 0 Å². The van der Waals surface area contributed by atoms with Gasteiger partial charge in [-0.3, -0.25) is 14.5 Å². The molecule has 2 aromatic carbocycles. The third kappa shape index (κ3) is 7.23. The number of pyridine rings is 1. The molecule has 38 heavy (non-hydrogen) atoms. The highest BCUT2D eigenvalue weighted by Gasteiger charge is 2.32. The van der Waals surface area contributed by atoms with E-state index in [1.54, 1.807) is 4.90 Å². The van der Waals surface area contributed by atoms with E-state index in [-0.39, 0.29) is 22.4 Å². The first-order chi connectivity index (χ1) is 18.2. The minimum absolute atomic E-state index is 0.134. The molecule has 2 amide bonds. The number of hydrogen-bond acceptors (Lipinski definition) is 5. The highest BCUT2D eigenvalue weighted by atomic mass is 35.5. The van der Waals surface area contributed by atoms with E-state index < -0.39 is 24.7 Å². The molecule has 0 aliphatic carbocycles. The van der Waals surface area contributed by atoms with Crippen molar-refractivity contribution in [2.45, 2.75) is 18.8 Å². The second-order valence-corrected chi connectivity index (χ2v) is 9.17. The van der Waals surface area contributed by atoms with Gasteiger partial charge in [0.15, 0.2) is 6.61 Å². The van der Waals surface area contributed by atoms with Crippen LogP contribution >= 0.6 is 11.6 Å². The summed E-state index contributed by atoms with van der Waals surface area (Å²) < 4.78 is 41.8. The van der Waals surface area contributed by atoms with Crippen molar-refractivity contribution in [3.63, 3.8) is 0 Å². The van der Waals surface area contributed by atoms with Crippen LogP contribution in [-0.4, -0.2) is 65.6 Å². The van der Waals surface area contributed by atoms with Crippen LogP contribution in [-0.2, 0) is 11.3 Å². The topological polar surface area (TPSA) is 74.8 Å².